The summed E-state index contributed by atoms with van der Waals surface area (Å²) in [6.45, 7) is 6.13. The van der Waals surface area contributed by atoms with E-state index in [1.165, 1.54) is 4.88 Å². The highest BCUT2D eigenvalue weighted by Gasteiger charge is 2.06. The SMILES string of the molecule is CCNC(=NCc1ccc(N(C)C)c(F)c1)NCCc1ncc(CC)s1.I. The number of benzene rings is 1. The number of nitrogens with one attached hydrogen (secondary N) is 2. The summed E-state index contributed by atoms with van der Waals surface area (Å²) in [4.78, 5) is 12.0. The van der Waals surface area contributed by atoms with Crippen molar-refractivity contribution in [3.05, 3.63) is 45.7 Å². The monoisotopic (exact) mass is 505 g/mol. The van der Waals surface area contributed by atoms with Crippen LogP contribution in [0, 0.1) is 5.82 Å². The third kappa shape index (κ3) is 7.61. The Kier molecular flexibility index (Phi) is 10.6. The van der Waals surface area contributed by atoms with Gasteiger partial charge in [-0.2, -0.15) is 0 Å². The minimum Gasteiger partial charge on any atom is -0.375 e. The van der Waals surface area contributed by atoms with Gasteiger partial charge in [-0.1, -0.05) is 13.0 Å². The van der Waals surface area contributed by atoms with E-state index >= 15 is 0 Å². The van der Waals surface area contributed by atoms with E-state index in [-0.39, 0.29) is 29.8 Å². The molecule has 0 atom stereocenters. The predicted molar refractivity (Wildman–Crippen MR) is 124 cm³/mol. The van der Waals surface area contributed by atoms with Crippen molar-refractivity contribution < 1.29 is 4.39 Å². The highest BCUT2D eigenvalue weighted by molar-refractivity contribution is 14.0. The Labute approximate surface area is 182 Å². The van der Waals surface area contributed by atoms with E-state index in [1.54, 1.807) is 28.4 Å². The van der Waals surface area contributed by atoms with Crippen molar-refractivity contribution in [3.63, 3.8) is 0 Å². The van der Waals surface area contributed by atoms with Gasteiger partial charge in [0.05, 0.1) is 17.2 Å². The third-order valence-corrected chi connectivity index (χ3v) is 5.04. The fraction of sp³-hybridized carbons (Fsp3) is 0.474. The van der Waals surface area contributed by atoms with Crippen LogP contribution in [-0.2, 0) is 19.4 Å². The van der Waals surface area contributed by atoms with Crippen molar-refractivity contribution in [1.82, 2.24) is 15.6 Å². The topological polar surface area (TPSA) is 52.6 Å². The van der Waals surface area contributed by atoms with Gasteiger partial charge in [-0.15, -0.1) is 35.3 Å². The number of nitrogens with zero attached hydrogens (tertiary/aromatic N) is 3. The standard InChI is InChI=1S/C19H28FN5S.HI/c1-5-15-13-23-18(26-15)9-10-22-19(21-6-2)24-12-14-7-8-17(25(3)4)16(20)11-14;/h7-8,11,13H,5-6,9-10,12H2,1-4H3,(H2,21,22,24);1H. The van der Waals surface area contributed by atoms with Crippen LogP contribution in [0.2, 0.25) is 0 Å². The molecule has 0 saturated carbocycles. The van der Waals surface area contributed by atoms with Crippen LogP contribution < -0.4 is 15.5 Å². The van der Waals surface area contributed by atoms with Gasteiger partial charge in [-0.05, 0) is 31.0 Å². The lowest BCUT2D eigenvalue weighted by atomic mass is 10.2. The number of aromatic nitrogens is 1. The first-order chi connectivity index (χ1) is 12.5. The average molecular weight is 505 g/mol. The second-order valence-electron chi connectivity index (χ2n) is 6.13. The van der Waals surface area contributed by atoms with Crippen molar-refractivity contribution in [3.8, 4) is 0 Å². The summed E-state index contributed by atoms with van der Waals surface area (Å²) >= 11 is 1.76. The van der Waals surface area contributed by atoms with Gasteiger partial charge in [0, 0.05) is 44.7 Å². The van der Waals surface area contributed by atoms with Crippen LogP contribution in [0.4, 0.5) is 10.1 Å². The summed E-state index contributed by atoms with van der Waals surface area (Å²) in [6.07, 6.45) is 3.84. The highest BCUT2D eigenvalue weighted by atomic mass is 127. The van der Waals surface area contributed by atoms with Gasteiger partial charge in [0.2, 0.25) is 0 Å². The summed E-state index contributed by atoms with van der Waals surface area (Å²) in [5.74, 6) is 0.507. The highest BCUT2D eigenvalue weighted by Crippen LogP contribution is 2.18. The van der Waals surface area contributed by atoms with Gasteiger partial charge >= 0.3 is 0 Å². The molecule has 27 heavy (non-hydrogen) atoms. The number of aliphatic imine (C=N–C) groups is 1. The molecule has 150 valence electrons. The van der Waals surface area contributed by atoms with Crippen molar-refractivity contribution in [1.29, 1.82) is 0 Å². The molecule has 2 N–H and O–H groups in total. The Balaban J connectivity index is 0.00000364. The molecule has 0 saturated heterocycles. The molecule has 5 nitrogen and oxygen atoms in total. The molecule has 1 heterocycles. The number of hydrogen-bond donors (Lipinski definition) is 2. The largest absolute Gasteiger partial charge is 0.375 e. The van der Waals surface area contributed by atoms with E-state index in [4.69, 9.17) is 0 Å². The number of hydrogen-bond acceptors (Lipinski definition) is 4. The molecule has 0 aliphatic heterocycles. The number of rotatable bonds is 8. The summed E-state index contributed by atoms with van der Waals surface area (Å²) in [5.41, 5.74) is 1.43. The molecule has 0 aliphatic carbocycles. The molecular formula is C19H29FIN5S. The quantitative estimate of drug-likeness (QED) is 0.326. The molecule has 0 amide bonds. The summed E-state index contributed by atoms with van der Waals surface area (Å²) < 4.78 is 14.1. The van der Waals surface area contributed by atoms with E-state index < -0.39 is 0 Å². The molecule has 1 aromatic heterocycles. The Hall–Kier alpha value is -1.42. The van der Waals surface area contributed by atoms with Gasteiger partial charge in [0.1, 0.15) is 5.82 Å². The zero-order valence-corrected chi connectivity index (χ0v) is 19.5. The van der Waals surface area contributed by atoms with Crippen LogP contribution in [-0.4, -0.2) is 38.1 Å². The van der Waals surface area contributed by atoms with Crippen molar-refractivity contribution in [2.45, 2.75) is 33.2 Å². The van der Waals surface area contributed by atoms with Crippen molar-refractivity contribution >= 4 is 47.0 Å². The Bertz CT molecular complexity index is 733. The van der Waals surface area contributed by atoms with Crippen LogP contribution in [0.25, 0.3) is 0 Å². The van der Waals surface area contributed by atoms with E-state index in [2.05, 4.69) is 27.5 Å². The van der Waals surface area contributed by atoms with Gasteiger partial charge in [-0.3, -0.25) is 0 Å². The lowest BCUT2D eigenvalue weighted by Crippen LogP contribution is -2.38. The van der Waals surface area contributed by atoms with Crippen molar-refractivity contribution in [2.24, 2.45) is 4.99 Å². The maximum Gasteiger partial charge on any atom is 0.191 e. The maximum absolute atomic E-state index is 14.1. The van der Waals surface area contributed by atoms with E-state index in [1.807, 2.05) is 33.3 Å². The van der Waals surface area contributed by atoms with Gasteiger partial charge < -0.3 is 15.5 Å². The normalized spacial score (nSPS) is 11.1. The molecule has 8 heteroatoms. The molecule has 2 aromatic rings. The van der Waals surface area contributed by atoms with Gasteiger partial charge in [0.15, 0.2) is 5.96 Å². The summed E-state index contributed by atoms with van der Waals surface area (Å²) in [6, 6.07) is 5.24. The van der Waals surface area contributed by atoms with Crippen LogP contribution in [0.3, 0.4) is 0 Å². The molecule has 0 radical (unpaired) electrons. The first kappa shape index (κ1) is 23.6. The summed E-state index contributed by atoms with van der Waals surface area (Å²) in [5, 5.41) is 7.67. The van der Waals surface area contributed by atoms with Gasteiger partial charge in [0.25, 0.3) is 0 Å². The molecule has 0 fully saturated rings. The molecule has 0 bridgehead atoms. The predicted octanol–water partition coefficient (Wildman–Crippen LogP) is 3.83. The first-order valence-electron chi connectivity index (χ1n) is 8.95. The number of halogens is 2. The Morgan fingerprint density at radius 1 is 1.26 bits per heavy atom. The van der Waals surface area contributed by atoms with Crippen LogP contribution in [0.1, 0.15) is 29.3 Å². The van der Waals surface area contributed by atoms with Crippen LogP contribution in [0.5, 0.6) is 0 Å². The van der Waals surface area contributed by atoms with Crippen LogP contribution in [0.15, 0.2) is 29.4 Å². The fourth-order valence-corrected chi connectivity index (χ4v) is 3.30. The Morgan fingerprint density at radius 3 is 2.63 bits per heavy atom. The zero-order chi connectivity index (χ0) is 18.9. The lowest BCUT2D eigenvalue weighted by molar-refractivity contribution is 0.624. The van der Waals surface area contributed by atoms with Gasteiger partial charge in [-0.25, -0.2) is 14.4 Å². The molecule has 2 rings (SSSR count). The molecule has 1 aromatic carbocycles. The van der Waals surface area contributed by atoms with Crippen molar-refractivity contribution in [2.75, 3.05) is 32.1 Å². The molecule has 0 aliphatic rings. The van der Waals surface area contributed by atoms with E-state index in [9.17, 15) is 4.39 Å². The lowest BCUT2D eigenvalue weighted by Gasteiger charge is -2.14. The second-order valence-corrected chi connectivity index (χ2v) is 7.33. The number of guanidine groups is 1. The fourth-order valence-electron chi connectivity index (χ4n) is 2.44. The van der Waals surface area contributed by atoms with Crippen LogP contribution >= 0.6 is 35.3 Å². The molecule has 0 spiro atoms. The Morgan fingerprint density at radius 2 is 2.04 bits per heavy atom. The number of thiazole rings is 1. The number of aryl methyl sites for hydroxylation is 1. The van der Waals surface area contributed by atoms with E-state index in [0.29, 0.717) is 12.2 Å². The number of anilines is 1. The zero-order valence-electron chi connectivity index (χ0n) is 16.4. The summed E-state index contributed by atoms with van der Waals surface area (Å²) in [7, 11) is 3.66. The van der Waals surface area contributed by atoms with E-state index in [0.717, 1.165) is 42.5 Å². The minimum absolute atomic E-state index is 0. The molecule has 0 unspecified atom stereocenters. The maximum atomic E-state index is 14.1. The second kappa shape index (κ2) is 12.1. The first-order valence-corrected chi connectivity index (χ1v) is 9.76. The smallest absolute Gasteiger partial charge is 0.191 e. The third-order valence-electron chi connectivity index (χ3n) is 3.84. The average Bonchev–Trinajstić information content (AvgIpc) is 3.07. The molecular weight excluding hydrogens is 476 g/mol. The minimum atomic E-state index is -0.226.